The van der Waals surface area contributed by atoms with Gasteiger partial charge in [0.1, 0.15) is 0 Å². The lowest BCUT2D eigenvalue weighted by Gasteiger charge is -2.31. The molecule has 0 bridgehead atoms. The number of hydrogen-bond donors (Lipinski definition) is 1. The maximum atomic E-state index is 12.5. The van der Waals surface area contributed by atoms with E-state index in [-0.39, 0.29) is 18.5 Å². The molecule has 1 aromatic carbocycles. The Morgan fingerprint density at radius 3 is 2.81 bits per heavy atom. The summed E-state index contributed by atoms with van der Waals surface area (Å²) in [7, 11) is 1.83. The van der Waals surface area contributed by atoms with Crippen LogP contribution in [-0.4, -0.2) is 43.7 Å². The Kier molecular flexibility index (Phi) is 5.63. The first kappa shape index (κ1) is 15.8. The van der Waals surface area contributed by atoms with Gasteiger partial charge in [0.05, 0.1) is 11.6 Å². The summed E-state index contributed by atoms with van der Waals surface area (Å²) in [6, 6.07) is 5.41. The number of carbonyl (C=O) groups is 1. The summed E-state index contributed by atoms with van der Waals surface area (Å²) in [4.78, 5) is 14.3. The van der Waals surface area contributed by atoms with Gasteiger partial charge in [0.15, 0.2) is 0 Å². The van der Waals surface area contributed by atoms with Crippen molar-refractivity contribution in [2.75, 3.05) is 26.8 Å². The van der Waals surface area contributed by atoms with Gasteiger partial charge < -0.3 is 15.4 Å². The molecule has 112 valence electrons. The number of halogens is 1. The van der Waals surface area contributed by atoms with Crippen LogP contribution >= 0.6 is 11.6 Å². The predicted molar refractivity (Wildman–Crippen MR) is 83.3 cm³/mol. The highest BCUT2D eigenvalue weighted by Gasteiger charge is 2.23. The van der Waals surface area contributed by atoms with Gasteiger partial charge in [0.2, 0.25) is 0 Å². The van der Waals surface area contributed by atoms with Crippen LogP contribution in [0.15, 0.2) is 18.2 Å². The summed E-state index contributed by atoms with van der Waals surface area (Å²) in [5.41, 5.74) is 6.60. The van der Waals surface area contributed by atoms with E-state index in [0.717, 1.165) is 12.8 Å². The van der Waals surface area contributed by atoms with Gasteiger partial charge in [-0.2, -0.15) is 0 Å². The van der Waals surface area contributed by atoms with Gasteiger partial charge in [0, 0.05) is 37.4 Å². The summed E-state index contributed by atoms with van der Waals surface area (Å²) in [5.74, 6) is 5.61. The first-order chi connectivity index (χ1) is 10.1. The molecule has 4 nitrogen and oxygen atoms in total. The Hall–Kier alpha value is -1.54. The van der Waals surface area contributed by atoms with Crippen LogP contribution in [-0.2, 0) is 4.74 Å². The lowest BCUT2D eigenvalue weighted by atomic mass is 10.1. The lowest BCUT2D eigenvalue weighted by Crippen LogP contribution is -2.40. The largest absolute Gasteiger partial charge is 0.381 e. The van der Waals surface area contributed by atoms with Crippen LogP contribution in [0, 0.1) is 11.8 Å². The minimum absolute atomic E-state index is 0.0258. The lowest BCUT2D eigenvalue weighted by molar-refractivity contribution is 0.0362. The average Bonchev–Trinajstić information content (AvgIpc) is 2.53. The van der Waals surface area contributed by atoms with Crippen molar-refractivity contribution in [3.63, 3.8) is 0 Å². The van der Waals surface area contributed by atoms with Gasteiger partial charge in [-0.25, -0.2) is 0 Å². The Morgan fingerprint density at radius 1 is 1.48 bits per heavy atom. The maximum absolute atomic E-state index is 12.5. The van der Waals surface area contributed by atoms with Crippen molar-refractivity contribution >= 4 is 17.5 Å². The molecule has 0 atom stereocenters. The van der Waals surface area contributed by atoms with E-state index in [2.05, 4.69) is 11.8 Å². The molecule has 5 heteroatoms. The number of ether oxygens (including phenoxy) is 1. The van der Waals surface area contributed by atoms with Crippen LogP contribution in [0.4, 0.5) is 0 Å². The van der Waals surface area contributed by atoms with E-state index in [0.29, 0.717) is 29.4 Å². The molecular weight excluding hydrogens is 288 g/mol. The van der Waals surface area contributed by atoms with E-state index < -0.39 is 0 Å². The number of hydrogen-bond acceptors (Lipinski definition) is 3. The van der Waals surface area contributed by atoms with Crippen LogP contribution in [0.2, 0.25) is 5.02 Å². The zero-order chi connectivity index (χ0) is 15.2. The second-order valence-corrected chi connectivity index (χ2v) is 5.37. The molecule has 1 fully saturated rings. The van der Waals surface area contributed by atoms with Crippen molar-refractivity contribution in [1.82, 2.24) is 4.90 Å². The maximum Gasteiger partial charge on any atom is 0.253 e. The monoisotopic (exact) mass is 306 g/mol. The third-order valence-electron chi connectivity index (χ3n) is 3.60. The highest BCUT2D eigenvalue weighted by molar-refractivity contribution is 6.32. The van der Waals surface area contributed by atoms with E-state index in [1.165, 1.54) is 0 Å². The second-order valence-electron chi connectivity index (χ2n) is 4.96. The topological polar surface area (TPSA) is 55.6 Å². The van der Waals surface area contributed by atoms with Gasteiger partial charge in [-0.1, -0.05) is 23.4 Å². The second kappa shape index (κ2) is 7.46. The number of nitrogens with two attached hydrogens (primary N) is 1. The van der Waals surface area contributed by atoms with Crippen LogP contribution in [0.25, 0.3) is 0 Å². The van der Waals surface area contributed by atoms with Crippen molar-refractivity contribution in [2.24, 2.45) is 5.73 Å². The number of benzene rings is 1. The molecule has 2 rings (SSSR count). The molecule has 1 saturated heterocycles. The zero-order valence-corrected chi connectivity index (χ0v) is 12.8. The molecule has 0 radical (unpaired) electrons. The molecule has 1 aliphatic rings. The van der Waals surface area contributed by atoms with E-state index in [1.54, 1.807) is 23.1 Å². The fourth-order valence-corrected chi connectivity index (χ4v) is 2.57. The molecule has 0 aliphatic carbocycles. The minimum atomic E-state index is -0.0258. The van der Waals surface area contributed by atoms with Crippen molar-refractivity contribution in [1.29, 1.82) is 0 Å². The molecule has 0 spiro atoms. The third-order valence-corrected chi connectivity index (χ3v) is 3.91. The number of carbonyl (C=O) groups excluding carboxylic acids is 1. The third kappa shape index (κ3) is 3.98. The number of nitrogens with zero attached hydrogens (tertiary/aromatic N) is 1. The summed E-state index contributed by atoms with van der Waals surface area (Å²) >= 11 is 6.17. The van der Waals surface area contributed by atoms with E-state index in [1.807, 2.05) is 7.05 Å². The molecule has 1 aromatic rings. The first-order valence-corrected chi connectivity index (χ1v) is 7.34. The highest BCUT2D eigenvalue weighted by Crippen LogP contribution is 2.20. The van der Waals surface area contributed by atoms with Crippen molar-refractivity contribution in [3.8, 4) is 11.8 Å². The van der Waals surface area contributed by atoms with Crippen molar-refractivity contribution < 1.29 is 9.53 Å². The summed E-state index contributed by atoms with van der Waals surface area (Å²) in [5, 5.41) is 0.474. The molecule has 1 aliphatic heterocycles. The van der Waals surface area contributed by atoms with Crippen LogP contribution < -0.4 is 5.73 Å². The normalized spacial score (nSPS) is 15.2. The molecule has 0 aromatic heterocycles. The van der Waals surface area contributed by atoms with Crippen molar-refractivity contribution in [2.45, 2.75) is 18.9 Å². The minimum Gasteiger partial charge on any atom is -0.381 e. The summed E-state index contributed by atoms with van der Waals surface area (Å²) < 4.78 is 5.32. The predicted octanol–water partition coefficient (Wildman–Crippen LogP) is 1.90. The smallest absolute Gasteiger partial charge is 0.253 e. The molecule has 1 heterocycles. The van der Waals surface area contributed by atoms with Gasteiger partial charge in [-0.3, -0.25) is 4.79 Å². The molecule has 21 heavy (non-hydrogen) atoms. The molecular formula is C16H19ClN2O2. The van der Waals surface area contributed by atoms with Crippen molar-refractivity contribution in [3.05, 3.63) is 34.3 Å². The van der Waals surface area contributed by atoms with Gasteiger partial charge in [-0.05, 0) is 31.0 Å². The Balaban J connectivity index is 2.13. The average molecular weight is 307 g/mol. The fourth-order valence-electron chi connectivity index (χ4n) is 2.34. The van der Waals surface area contributed by atoms with Crippen LogP contribution in [0.3, 0.4) is 0 Å². The van der Waals surface area contributed by atoms with Gasteiger partial charge >= 0.3 is 0 Å². The Labute approximate surface area is 130 Å². The fraction of sp³-hybridized carbons (Fsp3) is 0.438. The number of amides is 1. The quantitative estimate of drug-likeness (QED) is 0.849. The number of rotatable bonds is 2. The van der Waals surface area contributed by atoms with Gasteiger partial charge in [0.25, 0.3) is 5.91 Å². The summed E-state index contributed by atoms with van der Waals surface area (Å²) in [6.07, 6.45) is 1.74. The molecule has 1 amide bonds. The Morgan fingerprint density at radius 2 is 2.19 bits per heavy atom. The van der Waals surface area contributed by atoms with Crippen LogP contribution in [0.5, 0.6) is 0 Å². The van der Waals surface area contributed by atoms with Gasteiger partial charge in [-0.15, -0.1) is 0 Å². The van der Waals surface area contributed by atoms with E-state index in [4.69, 9.17) is 22.1 Å². The molecule has 0 unspecified atom stereocenters. The highest BCUT2D eigenvalue weighted by atomic mass is 35.5. The Bertz CT molecular complexity index is 571. The SMILES string of the molecule is CN(C(=O)c1ccc(C#CCN)c(Cl)c1)C1CCOCC1. The van der Waals surface area contributed by atoms with Crippen LogP contribution in [0.1, 0.15) is 28.8 Å². The first-order valence-electron chi connectivity index (χ1n) is 6.97. The summed E-state index contributed by atoms with van der Waals surface area (Å²) in [6.45, 7) is 1.69. The molecule has 0 saturated carbocycles. The zero-order valence-electron chi connectivity index (χ0n) is 12.1. The van der Waals surface area contributed by atoms with E-state index >= 15 is 0 Å². The standard InChI is InChI=1S/C16H19ClN2O2/c1-19(14-6-9-21-10-7-14)16(20)13-5-4-12(3-2-8-18)15(17)11-13/h4-5,11,14H,6-10,18H2,1H3. The van der Waals surface area contributed by atoms with E-state index in [9.17, 15) is 4.79 Å². The molecule has 2 N–H and O–H groups in total.